The van der Waals surface area contributed by atoms with E-state index in [2.05, 4.69) is 20.2 Å². The highest BCUT2D eigenvalue weighted by Crippen LogP contribution is 2.27. The maximum Gasteiger partial charge on any atom is 0.291 e. The molecule has 0 fully saturated rings. The molecule has 0 radical (unpaired) electrons. The Balaban J connectivity index is 1.84. The summed E-state index contributed by atoms with van der Waals surface area (Å²) in [5.74, 6) is -0.730. The number of anilines is 2. The summed E-state index contributed by atoms with van der Waals surface area (Å²) in [4.78, 5) is 12.4. The number of alkyl halides is 2. The van der Waals surface area contributed by atoms with Gasteiger partial charge in [-0.25, -0.2) is 17.2 Å². The first kappa shape index (κ1) is 20.1. The maximum absolute atomic E-state index is 12.6. The summed E-state index contributed by atoms with van der Waals surface area (Å²) in [6.45, 7) is 0. The van der Waals surface area contributed by atoms with Crippen LogP contribution in [0.3, 0.4) is 0 Å². The number of nitrogens with zero attached hydrogens (tertiary/aromatic N) is 2. The topological polar surface area (TPSA) is 101 Å². The monoisotopic (exact) mass is 444 g/mol. The van der Waals surface area contributed by atoms with Gasteiger partial charge in [0.15, 0.2) is 5.01 Å². The standard InChI is InChI=1S/C16H11ClF2N4O3S2/c17-9-5-7-10(8-6-9)28(25,26)23-12-4-2-1-3-11(12)14(24)20-16-22-21-15(27-16)13(18)19/h1-8,13,23H,(H,20,22,24). The number of sulfonamides is 1. The van der Waals surface area contributed by atoms with Gasteiger partial charge in [0.1, 0.15) is 0 Å². The minimum Gasteiger partial charge on any atom is -0.296 e. The molecule has 2 N–H and O–H groups in total. The molecule has 0 unspecified atom stereocenters. The third-order valence-corrected chi connectivity index (χ3v) is 5.87. The van der Waals surface area contributed by atoms with Crippen molar-refractivity contribution in [2.45, 2.75) is 11.3 Å². The predicted molar refractivity (Wildman–Crippen MR) is 102 cm³/mol. The van der Waals surface area contributed by atoms with Crippen molar-refractivity contribution in [3.63, 3.8) is 0 Å². The molecule has 12 heteroatoms. The van der Waals surface area contributed by atoms with Gasteiger partial charge in [0.2, 0.25) is 5.13 Å². The lowest BCUT2D eigenvalue weighted by Gasteiger charge is -2.12. The second kappa shape index (κ2) is 8.17. The number of halogens is 3. The van der Waals surface area contributed by atoms with Gasteiger partial charge in [-0.05, 0) is 36.4 Å². The number of hydrogen-bond acceptors (Lipinski definition) is 6. The van der Waals surface area contributed by atoms with Crippen molar-refractivity contribution in [1.82, 2.24) is 10.2 Å². The van der Waals surface area contributed by atoms with Crippen LogP contribution in [0.5, 0.6) is 0 Å². The smallest absolute Gasteiger partial charge is 0.291 e. The molecule has 0 aliphatic heterocycles. The molecule has 28 heavy (non-hydrogen) atoms. The fraction of sp³-hybridized carbons (Fsp3) is 0.0625. The Morgan fingerprint density at radius 2 is 1.75 bits per heavy atom. The maximum atomic E-state index is 12.6. The van der Waals surface area contributed by atoms with Gasteiger partial charge in [-0.1, -0.05) is 35.1 Å². The van der Waals surface area contributed by atoms with Gasteiger partial charge >= 0.3 is 0 Å². The van der Waals surface area contributed by atoms with Crippen molar-refractivity contribution in [1.29, 1.82) is 0 Å². The van der Waals surface area contributed by atoms with Gasteiger partial charge in [0.25, 0.3) is 22.4 Å². The van der Waals surface area contributed by atoms with E-state index in [1.807, 2.05) is 0 Å². The zero-order valence-corrected chi connectivity index (χ0v) is 16.2. The average molecular weight is 445 g/mol. The van der Waals surface area contributed by atoms with Crippen LogP contribution in [0.2, 0.25) is 5.02 Å². The van der Waals surface area contributed by atoms with Gasteiger partial charge in [0, 0.05) is 5.02 Å². The van der Waals surface area contributed by atoms with E-state index in [0.29, 0.717) is 16.4 Å². The third-order valence-electron chi connectivity index (χ3n) is 3.39. The van der Waals surface area contributed by atoms with Crippen LogP contribution in [0.4, 0.5) is 19.6 Å². The van der Waals surface area contributed by atoms with Gasteiger partial charge in [0.05, 0.1) is 16.1 Å². The summed E-state index contributed by atoms with van der Waals surface area (Å²) in [5.41, 5.74) is -0.0117. The summed E-state index contributed by atoms with van der Waals surface area (Å²) in [6, 6.07) is 11.3. The van der Waals surface area contributed by atoms with Crippen LogP contribution >= 0.6 is 22.9 Å². The quantitative estimate of drug-likeness (QED) is 0.593. The van der Waals surface area contributed by atoms with Crippen LogP contribution in [0.15, 0.2) is 53.4 Å². The van der Waals surface area contributed by atoms with Crippen LogP contribution in [0.25, 0.3) is 0 Å². The zero-order chi connectivity index (χ0) is 20.3. The molecule has 0 aliphatic carbocycles. The Morgan fingerprint density at radius 1 is 1.07 bits per heavy atom. The van der Waals surface area contributed by atoms with Crippen LogP contribution in [-0.4, -0.2) is 24.5 Å². The van der Waals surface area contributed by atoms with E-state index < -0.39 is 27.4 Å². The molecular weight excluding hydrogens is 434 g/mol. The van der Waals surface area contributed by atoms with E-state index in [9.17, 15) is 22.0 Å². The number of carbonyl (C=O) groups excluding carboxylic acids is 1. The van der Waals surface area contributed by atoms with Crippen LogP contribution in [-0.2, 0) is 10.0 Å². The number of aromatic nitrogens is 2. The Hall–Kier alpha value is -2.63. The largest absolute Gasteiger partial charge is 0.296 e. The van der Waals surface area contributed by atoms with Crippen molar-refractivity contribution in [2.24, 2.45) is 0 Å². The van der Waals surface area contributed by atoms with E-state index >= 15 is 0 Å². The van der Waals surface area contributed by atoms with E-state index in [1.54, 1.807) is 0 Å². The molecule has 0 saturated carbocycles. The zero-order valence-electron chi connectivity index (χ0n) is 13.8. The van der Waals surface area contributed by atoms with Crippen LogP contribution < -0.4 is 10.0 Å². The highest BCUT2D eigenvalue weighted by atomic mass is 35.5. The lowest BCUT2D eigenvalue weighted by molar-refractivity contribution is 0.102. The molecule has 1 amide bonds. The Kier molecular flexibility index (Phi) is 5.87. The third kappa shape index (κ3) is 4.61. The molecule has 7 nitrogen and oxygen atoms in total. The van der Waals surface area contributed by atoms with Crippen molar-refractivity contribution >= 4 is 49.7 Å². The molecule has 0 aliphatic rings. The van der Waals surface area contributed by atoms with E-state index in [0.717, 1.165) is 0 Å². The number of para-hydroxylation sites is 1. The number of hydrogen-bond donors (Lipinski definition) is 2. The van der Waals surface area contributed by atoms with Crippen LogP contribution in [0, 0.1) is 0 Å². The molecule has 1 heterocycles. The Bertz CT molecular complexity index is 1110. The molecule has 0 saturated heterocycles. The molecule has 146 valence electrons. The minimum atomic E-state index is -3.98. The molecule has 1 aromatic heterocycles. The second-order valence-electron chi connectivity index (χ2n) is 5.31. The lowest BCUT2D eigenvalue weighted by atomic mass is 10.2. The number of carbonyl (C=O) groups is 1. The fourth-order valence-electron chi connectivity index (χ4n) is 2.13. The molecule has 0 bridgehead atoms. The van der Waals surface area contributed by atoms with Crippen molar-refractivity contribution in [3.05, 3.63) is 64.1 Å². The van der Waals surface area contributed by atoms with Crippen molar-refractivity contribution in [2.75, 3.05) is 10.0 Å². The molecule has 2 aromatic carbocycles. The van der Waals surface area contributed by atoms with Crippen molar-refractivity contribution in [3.8, 4) is 0 Å². The summed E-state index contributed by atoms with van der Waals surface area (Å²) in [7, 11) is -3.98. The molecule has 3 aromatic rings. The second-order valence-corrected chi connectivity index (χ2v) is 8.43. The van der Waals surface area contributed by atoms with Crippen molar-refractivity contribution < 1.29 is 22.0 Å². The summed E-state index contributed by atoms with van der Waals surface area (Å²) >= 11 is 6.29. The van der Waals surface area contributed by atoms with Gasteiger partial charge in [-0.3, -0.25) is 14.8 Å². The lowest BCUT2D eigenvalue weighted by Crippen LogP contribution is -2.18. The average Bonchev–Trinajstić information content (AvgIpc) is 3.11. The van der Waals surface area contributed by atoms with Crippen LogP contribution in [0.1, 0.15) is 21.8 Å². The summed E-state index contributed by atoms with van der Waals surface area (Å²) < 4.78 is 52.6. The first-order chi connectivity index (χ1) is 13.3. The summed E-state index contributed by atoms with van der Waals surface area (Å²) in [5, 5.41) is 8.78. The van der Waals surface area contributed by atoms with E-state index in [4.69, 9.17) is 11.6 Å². The highest BCUT2D eigenvalue weighted by molar-refractivity contribution is 7.92. The Labute approximate surface area is 167 Å². The SMILES string of the molecule is O=C(Nc1nnc(C(F)F)s1)c1ccccc1NS(=O)(=O)c1ccc(Cl)cc1. The number of amides is 1. The molecular formula is C16H11ClF2N4O3S2. The predicted octanol–water partition coefficient (Wildman–Crippen LogP) is 4.18. The van der Waals surface area contributed by atoms with Gasteiger partial charge < -0.3 is 0 Å². The molecule has 3 rings (SSSR count). The number of benzene rings is 2. The summed E-state index contributed by atoms with van der Waals surface area (Å²) in [6.07, 6.45) is -2.80. The minimum absolute atomic E-state index is 0.00792. The highest BCUT2D eigenvalue weighted by Gasteiger charge is 2.20. The van der Waals surface area contributed by atoms with Gasteiger partial charge in [-0.2, -0.15) is 0 Å². The number of nitrogens with one attached hydrogen (secondary N) is 2. The Morgan fingerprint density at radius 3 is 2.39 bits per heavy atom. The molecule has 0 atom stereocenters. The first-order valence-electron chi connectivity index (χ1n) is 7.56. The fourth-order valence-corrected chi connectivity index (χ4v) is 3.93. The number of rotatable bonds is 6. The van der Waals surface area contributed by atoms with E-state index in [1.165, 1.54) is 48.5 Å². The van der Waals surface area contributed by atoms with Gasteiger partial charge in [-0.15, -0.1) is 10.2 Å². The first-order valence-corrected chi connectivity index (χ1v) is 10.2. The normalized spacial score (nSPS) is 11.4. The van der Waals surface area contributed by atoms with E-state index in [-0.39, 0.29) is 21.3 Å². The molecule has 0 spiro atoms.